The van der Waals surface area contributed by atoms with Gasteiger partial charge < -0.3 is 24.8 Å². The molecule has 0 bridgehead atoms. The number of rotatable bonds is 4. The van der Waals surface area contributed by atoms with Crippen LogP contribution in [0.5, 0.6) is 0 Å². The molecule has 0 radical (unpaired) electrons. The Hall–Kier alpha value is -2.35. The van der Waals surface area contributed by atoms with E-state index in [-0.39, 0.29) is 46.5 Å². The number of hydrogen-bond acceptors (Lipinski definition) is 0. The van der Waals surface area contributed by atoms with Crippen LogP contribution in [0.3, 0.4) is 0 Å². The molecule has 0 nitrogen and oxygen atoms in total. The molecule has 3 aliphatic rings. The first-order valence-electron chi connectivity index (χ1n) is 19.2. The van der Waals surface area contributed by atoms with Crippen molar-refractivity contribution in [2.75, 3.05) is 0 Å². The summed E-state index contributed by atoms with van der Waals surface area (Å²) in [5.74, 6) is 0. The van der Waals surface area contributed by atoms with E-state index in [4.69, 9.17) is 0 Å². The van der Waals surface area contributed by atoms with Gasteiger partial charge in [0, 0.05) is 0 Å². The van der Waals surface area contributed by atoms with Gasteiger partial charge in [0.2, 0.25) is 0 Å². The van der Waals surface area contributed by atoms with Crippen LogP contribution in [0.2, 0.25) is 9.45 Å². The van der Waals surface area contributed by atoms with Crippen LogP contribution in [0.15, 0.2) is 96.1 Å². The molecular weight excluding hydrogens is 707 g/mol. The molecule has 2 aliphatic carbocycles. The summed E-state index contributed by atoms with van der Waals surface area (Å²) in [5.41, 5.74) is 18.4. The minimum atomic E-state index is -2.72. The monoisotopic (exact) mass is 766 g/mol. The van der Waals surface area contributed by atoms with Crippen molar-refractivity contribution in [3.63, 3.8) is 0 Å². The minimum absolute atomic E-state index is 0. The molecule has 0 spiro atoms. The van der Waals surface area contributed by atoms with Gasteiger partial charge in [0.25, 0.3) is 0 Å². The van der Waals surface area contributed by atoms with Gasteiger partial charge >= 0.3 is 310 Å². The smallest absolute Gasteiger partial charge is 1.00 e. The zero-order chi connectivity index (χ0) is 36.0. The van der Waals surface area contributed by atoms with Crippen molar-refractivity contribution in [2.45, 2.75) is 118 Å². The Labute approximate surface area is 332 Å². The number of benzene rings is 4. The standard InChI is InChI=1S/2C23H27.C3H6.2ClH.Ti/c2*1-22(2,3)18-12-10-16(11-13-18)20-9-7-8-17-14-19(15-21(17)20)23(4,5)6;1-3-2;;;/h2*7-15H,1-6H3;1-3H2;2*1H;/q;;;;;+2/p-2. The van der Waals surface area contributed by atoms with Gasteiger partial charge in [-0.25, -0.2) is 0 Å². The van der Waals surface area contributed by atoms with Crippen LogP contribution in [0.4, 0.5) is 0 Å². The Morgan fingerprint density at radius 1 is 0.442 bits per heavy atom. The fourth-order valence-electron chi connectivity index (χ4n) is 9.47. The Balaban J connectivity index is 0.00000261. The van der Waals surface area contributed by atoms with Crippen molar-refractivity contribution >= 4 is 12.2 Å². The average molecular weight is 768 g/mol. The maximum absolute atomic E-state index is 2.72. The van der Waals surface area contributed by atoms with Gasteiger partial charge in [0.15, 0.2) is 0 Å². The summed E-state index contributed by atoms with van der Waals surface area (Å²) in [4.78, 5) is 0. The molecule has 1 fully saturated rings. The Morgan fingerprint density at radius 2 is 0.788 bits per heavy atom. The third-order valence-corrected chi connectivity index (χ3v) is 22.0. The Bertz CT molecular complexity index is 1850. The Kier molecular flexibility index (Phi) is 11.0. The van der Waals surface area contributed by atoms with Crippen LogP contribution in [0.25, 0.3) is 34.4 Å². The molecule has 4 aromatic rings. The van der Waals surface area contributed by atoms with E-state index in [0.29, 0.717) is 8.45 Å². The van der Waals surface area contributed by atoms with Crippen molar-refractivity contribution in [2.24, 2.45) is 10.8 Å². The molecule has 1 aliphatic heterocycles. The largest absolute Gasteiger partial charge is 1.00 e. The topological polar surface area (TPSA) is 0 Å². The van der Waals surface area contributed by atoms with E-state index < -0.39 is 16.6 Å². The van der Waals surface area contributed by atoms with Crippen LogP contribution < -0.4 is 24.8 Å². The molecule has 0 saturated carbocycles. The predicted molar refractivity (Wildman–Crippen MR) is 216 cm³/mol. The molecule has 0 amide bonds. The summed E-state index contributed by atoms with van der Waals surface area (Å²) in [6.07, 6.45) is 6.72. The second-order valence-electron chi connectivity index (χ2n) is 19.9. The molecule has 2 unspecified atom stereocenters. The molecule has 52 heavy (non-hydrogen) atoms. The van der Waals surface area contributed by atoms with Crippen LogP contribution in [0, 0.1) is 10.8 Å². The van der Waals surface area contributed by atoms with Gasteiger partial charge in [-0.1, -0.05) is 0 Å². The van der Waals surface area contributed by atoms with Crippen molar-refractivity contribution in [1.82, 2.24) is 0 Å². The van der Waals surface area contributed by atoms with E-state index in [1.54, 1.807) is 22.3 Å². The maximum atomic E-state index is 2.67. The van der Waals surface area contributed by atoms with Crippen LogP contribution >= 0.6 is 0 Å². The fourth-order valence-corrected chi connectivity index (χ4v) is 19.9. The third-order valence-electron chi connectivity index (χ3n) is 12.4. The van der Waals surface area contributed by atoms with Gasteiger partial charge in [-0.3, -0.25) is 0 Å². The molecule has 0 aromatic heterocycles. The van der Waals surface area contributed by atoms with Gasteiger partial charge in [0.1, 0.15) is 0 Å². The summed E-state index contributed by atoms with van der Waals surface area (Å²) in [5, 5.41) is 0. The van der Waals surface area contributed by atoms with Crippen LogP contribution in [-0.2, 0) is 27.4 Å². The average Bonchev–Trinajstić information content (AvgIpc) is 3.61. The van der Waals surface area contributed by atoms with Crippen molar-refractivity contribution in [3.8, 4) is 22.3 Å². The molecule has 3 heteroatoms. The number of fused-ring (bicyclic) bond motifs is 2. The third kappa shape index (κ3) is 7.01. The van der Waals surface area contributed by atoms with E-state index in [2.05, 4.69) is 180 Å². The van der Waals surface area contributed by atoms with Crippen molar-refractivity contribution < 1.29 is 41.4 Å². The predicted octanol–water partition coefficient (Wildman–Crippen LogP) is 8.69. The summed E-state index contributed by atoms with van der Waals surface area (Å²) in [7, 11) is 0. The van der Waals surface area contributed by atoms with Gasteiger partial charge in [-0.05, 0) is 0 Å². The van der Waals surface area contributed by atoms with Gasteiger partial charge in [-0.15, -0.1) is 0 Å². The molecule has 1 heterocycles. The van der Waals surface area contributed by atoms with E-state index in [1.807, 2.05) is 0 Å². The van der Waals surface area contributed by atoms with E-state index in [0.717, 1.165) is 0 Å². The second-order valence-corrected chi connectivity index (χ2v) is 27.1. The van der Waals surface area contributed by atoms with Gasteiger partial charge in [0.05, 0.1) is 0 Å². The van der Waals surface area contributed by atoms with Gasteiger partial charge in [-0.2, -0.15) is 0 Å². The van der Waals surface area contributed by atoms with Crippen molar-refractivity contribution in [1.29, 1.82) is 0 Å². The molecular formula is C49H60Cl2Ti. The zero-order valence-electron chi connectivity index (χ0n) is 33.8. The normalized spacial score (nSPS) is 18.8. The van der Waals surface area contributed by atoms with Crippen LogP contribution in [-0.4, -0.2) is 0 Å². The van der Waals surface area contributed by atoms with Crippen LogP contribution in [0.1, 0.15) is 131 Å². The summed E-state index contributed by atoms with van der Waals surface area (Å²) in [6.45, 7) is 28.7. The van der Waals surface area contributed by atoms with E-state index in [1.165, 1.54) is 60.4 Å². The first-order chi connectivity index (χ1) is 23.3. The summed E-state index contributed by atoms with van der Waals surface area (Å²) >= 11 is -2.72. The first kappa shape index (κ1) is 40.8. The minimum Gasteiger partial charge on any atom is -1.00 e. The molecule has 1 saturated heterocycles. The first-order valence-corrected chi connectivity index (χ1v) is 23.2. The maximum Gasteiger partial charge on any atom is -1.00 e. The van der Waals surface area contributed by atoms with E-state index >= 15 is 0 Å². The zero-order valence-corrected chi connectivity index (χ0v) is 36.8. The molecule has 2 atom stereocenters. The molecule has 0 N–H and O–H groups in total. The van der Waals surface area contributed by atoms with E-state index in [9.17, 15) is 0 Å². The molecule has 274 valence electrons. The molecule has 7 rings (SSSR count). The SMILES string of the molecule is CC(C)(C)C1=Cc2c(-c3ccc(C(C)(C)C)cc3)cccc2[CH]1[Ti+2]1([CH]2C(C(C)(C)C)=Cc3c(-c4ccc(C(C)(C)C)cc4)cccc32)[CH2]C[CH2]1.[Cl-].[Cl-]. The Morgan fingerprint density at radius 3 is 1.06 bits per heavy atom. The fraction of sp³-hybridized carbons (Fsp3) is 0.429. The molecule has 4 aromatic carbocycles. The number of halogens is 2. The number of allylic oxidation sites excluding steroid dienone is 2. The second kappa shape index (κ2) is 14.1. The summed E-state index contributed by atoms with van der Waals surface area (Å²) in [6, 6.07) is 33.5. The van der Waals surface area contributed by atoms with Crippen molar-refractivity contribution in [3.05, 3.63) is 129 Å². The quantitative estimate of drug-likeness (QED) is 0.183. The summed E-state index contributed by atoms with van der Waals surface area (Å²) < 4.78 is 4.04. The number of hydrogen-bond donors (Lipinski definition) is 0.